The van der Waals surface area contributed by atoms with Gasteiger partial charge in [-0.3, -0.25) is 0 Å². The van der Waals surface area contributed by atoms with Crippen molar-refractivity contribution in [2.45, 2.75) is 32.5 Å². The highest BCUT2D eigenvalue weighted by Gasteiger charge is 2.29. The number of hydrogen-bond donors (Lipinski definition) is 0. The first-order valence-corrected chi connectivity index (χ1v) is 9.10. The lowest BCUT2D eigenvalue weighted by Crippen LogP contribution is -2.31. The molecule has 0 amide bonds. The molecule has 0 heterocycles. The Hall–Kier alpha value is -2.10. The van der Waals surface area contributed by atoms with Crippen molar-refractivity contribution >= 4 is 11.1 Å². The number of ether oxygens (including phenoxy) is 3. The molecule has 2 aliphatic rings. The number of methoxy groups -OCH3 is 3. The molecule has 3 heteroatoms. The molecule has 0 N–H and O–H groups in total. The maximum Gasteiger partial charge on any atom is 0.118 e. The van der Waals surface area contributed by atoms with Crippen LogP contribution in [-0.2, 0) is 14.2 Å². The minimum absolute atomic E-state index is 0.0807. The van der Waals surface area contributed by atoms with Gasteiger partial charge in [-0.2, -0.15) is 0 Å². The Balaban J connectivity index is 2.12. The predicted octanol–water partition coefficient (Wildman–Crippen LogP) is 5.01. The van der Waals surface area contributed by atoms with Gasteiger partial charge >= 0.3 is 0 Å². The van der Waals surface area contributed by atoms with E-state index in [1.54, 1.807) is 21.3 Å². The molecule has 0 fully saturated rings. The van der Waals surface area contributed by atoms with Crippen molar-refractivity contribution in [2.24, 2.45) is 5.92 Å². The number of rotatable bonds is 5. The Morgan fingerprint density at radius 2 is 1.73 bits per heavy atom. The van der Waals surface area contributed by atoms with E-state index in [1.165, 1.54) is 22.3 Å². The molecule has 0 radical (unpaired) electrons. The minimum atomic E-state index is -0.120. The zero-order valence-corrected chi connectivity index (χ0v) is 16.3. The van der Waals surface area contributed by atoms with Crippen molar-refractivity contribution in [3.63, 3.8) is 0 Å². The first-order chi connectivity index (χ1) is 12.6. The maximum absolute atomic E-state index is 5.80. The van der Waals surface area contributed by atoms with Gasteiger partial charge in [0.25, 0.3) is 0 Å². The molecule has 0 aromatic heterocycles. The highest BCUT2D eigenvalue weighted by Crippen LogP contribution is 2.40. The highest BCUT2D eigenvalue weighted by molar-refractivity contribution is 5.85. The molecule has 0 spiro atoms. The molecule has 0 saturated heterocycles. The minimum Gasteiger partial charge on any atom is -0.497 e. The molecule has 1 aromatic carbocycles. The largest absolute Gasteiger partial charge is 0.497 e. The molecule has 3 unspecified atom stereocenters. The first-order valence-electron chi connectivity index (χ1n) is 9.10. The summed E-state index contributed by atoms with van der Waals surface area (Å²) >= 11 is 0. The van der Waals surface area contributed by atoms with E-state index in [2.05, 4.69) is 56.3 Å². The van der Waals surface area contributed by atoms with Gasteiger partial charge in [-0.15, -0.1) is 0 Å². The van der Waals surface area contributed by atoms with Crippen molar-refractivity contribution in [3.8, 4) is 0 Å². The van der Waals surface area contributed by atoms with Crippen LogP contribution in [0.3, 0.4) is 0 Å². The van der Waals surface area contributed by atoms with Crippen LogP contribution in [-0.4, -0.2) is 33.5 Å². The molecule has 0 aliphatic heterocycles. The third-order valence-electron chi connectivity index (χ3n) is 5.27. The van der Waals surface area contributed by atoms with Gasteiger partial charge in [-0.25, -0.2) is 0 Å². The van der Waals surface area contributed by atoms with Crippen LogP contribution < -0.4 is 0 Å². The number of allylic oxidation sites excluding steroid dienone is 5. The van der Waals surface area contributed by atoms with Gasteiger partial charge in [0, 0.05) is 14.2 Å². The van der Waals surface area contributed by atoms with Crippen LogP contribution >= 0.6 is 0 Å². The summed E-state index contributed by atoms with van der Waals surface area (Å²) in [7, 11) is 5.21. The third-order valence-corrected chi connectivity index (χ3v) is 5.27. The normalized spacial score (nSPS) is 25.8. The lowest BCUT2D eigenvalue weighted by Gasteiger charge is -2.30. The van der Waals surface area contributed by atoms with Crippen molar-refractivity contribution in [2.75, 3.05) is 21.3 Å². The smallest absolute Gasteiger partial charge is 0.118 e. The van der Waals surface area contributed by atoms with Crippen LogP contribution in [0.1, 0.15) is 31.4 Å². The van der Waals surface area contributed by atoms with Gasteiger partial charge in [0.15, 0.2) is 0 Å². The van der Waals surface area contributed by atoms with Crippen LogP contribution in [0.25, 0.3) is 11.1 Å². The van der Waals surface area contributed by atoms with Crippen molar-refractivity contribution < 1.29 is 14.2 Å². The van der Waals surface area contributed by atoms with Crippen LogP contribution in [0.4, 0.5) is 0 Å². The number of hydrogen-bond acceptors (Lipinski definition) is 3. The second-order valence-corrected chi connectivity index (χ2v) is 6.93. The summed E-state index contributed by atoms with van der Waals surface area (Å²) in [5, 5.41) is 0. The first kappa shape index (κ1) is 18.7. The molecular formula is C23H28O3. The Kier molecular flexibility index (Phi) is 5.80. The van der Waals surface area contributed by atoms with E-state index in [0.29, 0.717) is 5.92 Å². The lowest BCUT2D eigenvalue weighted by atomic mass is 9.81. The second-order valence-electron chi connectivity index (χ2n) is 6.93. The molecule has 1 aromatic rings. The molecule has 0 bridgehead atoms. The second kappa shape index (κ2) is 8.07. The summed E-state index contributed by atoms with van der Waals surface area (Å²) in [6.07, 6.45) is 9.25. The monoisotopic (exact) mass is 352 g/mol. The Bertz CT molecular complexity index is 782. The highest BCUT2D eigenvalue weighted by atomic mass is 16.5. The Morgan fingerprint density at radius 3 is 2.38 bits per heavy atom. The van der Waals surface area contributed by atoms with Gasteiger partial charge in [0.2, 0.25) is 0 Å². The van der Waals surface area contributed by atoms with Crippen LogP contribution in [0, 0.1) is 5.92 Å². The van der Waals surface area contributed by atoms with Crippen molar-refractivity contribution in [3.05, 3.63) is 71.0 Å². The number of benzene rings is 1. The predicted molar refractivity (Wildman–Crippen MR) is 107 cm³/mol. The Morgan fingerprint density at radius 1 is 1.00 bits per heavy atom. The van der Waals surface area contributed by atoms with Crippen molar-refractivity contribution in [1.82, 2.24) is 0 Å². The average molecular weight is 352 g/mol. The fourth-order valence-corrected chi connectivity index (χ4v) is 3.94. The van der Waals surface area contributed by atoms with Crippen LogP contribution in [0.5, 0.6) is 0 Å². The molecule has 26 heavy (non-hydrogen) atoms. The summed E-state index contributed by atoms with van der Waals surface area (Å²) in [6.45, 7) is 4.38. The molecule has 0 saturated carbocycles. The van der Waals surface area contributed by atoms with E-state index in [9.17, 15) is 0 Å². The van der Waals surface area contributed by atoms with Gasteiger partial charge in [0.1, 0.15) is 18.0 Å². The molecule has 3 rings (SSSR count). The summed E-state index contributed by atoms with van der Waals surface area (Å²) in [4.78, 5) is 0. The fourth-order valence-electron chi connectivity index (χ4n) is 3.94. The maximum atomic E-state index is 5.80. The molecule has 138 valence electrons. The quantitative estimate of drug-likeness (QED) is 0.745. The van der Waals surface area contributed by atoms with Gasteiger partial charge < -0.3 is 14.2 Å². The van der Waals surface area contributed by atoms with E-state index < -0.39 is 0 Å². The fraction of sp³-hybridized carbons (Fsp3) is 0.391. The lowest BCUT2D eigenvalue weighted by molar-refractivity contribution is 0.0194. The standard InChI is InChI=1S/C23H28O3/c1-15-13-20(16(2)22(14-15)25-4)18-10-7-6-9-17(18)19-11-8-12-21(24-3)23(19)26-5/h6-12,14-15,21,23H,13H2,1-5H3. The topological polar surface area (TPSA) is 27.7 Å². The van der Waals surface area contributed by atoms with Gasteiger partial charge in [-0.05, 0) is 53.2 Å². The molecule has 3 atom stereocenters. The SMILES string of the molecule is COC1=CC(C)CC(c2ccccc2C2=CC=CC(OC)C2OC)=C1C. The van der Waals surface area contributed by atoms with Crippen LogP contribution in [0.15, 0.2) is 59.9 Å². The van der Waals surface area contributed by atoms with E-state index in [-0.39, 0.29) is 12.2 Å². The zero-order chi connectivity index (χ0) is 18.7. The third kappa shape index (κ3) is 3.42. The summed E-state index contributed by atoms with van der Waals surface area (Å²) in [5.41, 5.74) is 6.15. The van der Waals surface area contributed by atoms with E-state index in [4.69, 9.17) is 14.2 Å². The van der Waals surface area contributed by atoms with E-state index in [1.807, 2.05) is 6.08 Å². The summed E-state index contributed by atoms with van der Waals surface area (Å²) < 4.78 is 17.0. The van der Waals surface area contributed by atoms with Crippen LogP contribution in [0.2, 0.25) is 0 Å². The van der Waals surface area contributed by atoms with E-state index >= 15 is 0 Å². The van der Waals surface area contributed by atoms with Gasteiger partial charge in [0.05, 0.1) is 7.11 Å². The van der Waals surface area contributed by atoms with E-state index in [0.717, 1.165) is 17.8 Å². The van der Waals surface area contributed by atoms with Gasteiger partial charge in [-0.1, -0.05) is 49.4 Å². The van der Waals surface area contributed by atoms with Crippen molar-refractivity contribution in [1.29, 1.82) is 0 Å². The molecular weight excluding hydrogens is 324 g/mol. The average Bonchev–Trinajstić information content (AvgIpc) is 2.68. The molecule has 2 aliphatic carbocycles. The molecule has 3 nitrogen and oxygen atoms in total. The summed E-state index contributed by atoms with van der Waals surface area (Å²) in [5.74, 6) is 1.42. The zero-order valence-electron chi connectivity index (χ0n) is 16.3. The summed E-state index contributed by atoms with van der Waals surface area (Å²) in [6, 6.07) is 8.56. The Labute approximate surface area is 156 Å².